The maximum atomic E-state index is 11.7. The number of nitro groups is 1. The Balaban J connectivity index is 2.96. The highest BCUT2D eigenvalue weighted by Crippen LogP contribution is 2.25. The maximum Gasteiger partial charge on any atom is 0.292 e. The van der Waals surface area contributed by atoms with Crippen LogP contribution in [0.2, 0.25) is 0 Å². The van der Waals surface area contributed by atoms with Gasteiger partial charge in [-0.25, -0.2) is 0 Å². The van der Waals surface area contributed by atoms with Crippen molar-refractivity contribution in [3.63, 3.8) is 0 Å². The zero-order chi connectivity index (χ0) is 15.8. The van der Waals surface area contributed by atoms with Crippen molar-refractivity contribution in [3.8, 4) is 0 Å². The van der Waals surface area contributed by atoms with E-state index in [1.54, 1.807) is 13.8 Å². The second-order valence-corrected chi connectivity index (χ2v) is 4.16. The lowest BCUT2D eigenvalue weighted by molar-refractivity contribution is -0.383. The van der Waals surface area contributed by atoms with Gasteiger partial charge < -0.3 is 16.0 Å². The van der Waals surface area contributed by atoms with Crippen LogP contribution in [0.5, 0.6) is 0 Å². The Morgan fingerprint density at radius 3 is 2.43 bits per heavy atom. The van der Waals surface area contributed by atoms with Gasteiger partial charge in [0, 0.05) is 24.7 Å². The van der Waals surface area contributed by atoms with Crippen molar-refractivity contribution in [1.82, 2.24) is 10.6 Å². The van der Waals surface area contributed by atoms with E-state index in [4.69, 9.17) is 0 Å². The summed E-state index contributed by atoms with van der Waals surface area (Å²) in [6.07, 6.45) is 0. The summed E-state index contributed by atoms with van der Waals surface area (Å²) in [6.45, 7) is 4.38. The van der Waals surface area contributed by atoms with Crippen LogP contribution in [0.15, 0.2) is 18.2 Å². The van der Waals surface area contributed by atoms with Gasteiger partial charge >= 0.3 is 0 Å². The lowest BCUT2D eigenvalue weighted by Gasteiger charge is -2.09. The van der Waals surface area contributed by atoms with E-state index in [0.717, 1.165) is 0 Å². The first-order valence-corrected chi connectivity index (χ1v) is 6.56. The first-order chi connectivity index (χ1) is 9.99. The zero-order valence-electron chi connectivity index (χ0n) is 11.9. The first kappa shape index (κ1) is 16.4. The average Bonchev–Trinajstić information content (AvgIpc) is 2.45. The molecule has 1 aromatic rings. The minimum atomic E-state index is -0.568. The summed E-state index contributed by atoms with van der Waals surface area (Å²) >= 11 is 0. The molecule has 0 spiro atoms. The Kier molecular flexibility index (Phi) is 6.12. The lowest BCUT2D eigenvalue weighted by atomic mass is 10.1. The number of rotatable bonds is 7. The smallest absolute Gasteiger partial charge is 0.292 e. The average molecular weight is 294 g/mol. The predicted octanol–water partition coefficient (Wildman–Crippen LogP) is 0.892. The van der Waals surface area contributed by atoms with Crippen LogP contribution < -0.4 is 16.0 Å². The lowest BCUT2D eigenvalue weighted by Crippen LogP contribution is -2.29. The van der Waals surface area contributed by atoms with Crippen molar-refractivity contribution in [1.29, 1.82) is 0 Å². The fourth-order valence-electron chi connectivity index (χ4n) is 1.68. The molecular weight excluding hydrogens is 276 g/mol. The molecule has 1 aromatic carbocycles. The molecule has 3 N–H and O–H groups in total. The van der Waals surface area contributed by atoms with Gasteiger partial charge in [-0.1, -0.05) is 0 Å². The Morgan fingerprint density at radius 1 is 1.19 bits per heavy atom. The SMILES string of the molecule is CCNC(=O)CNc1cc(C(=O)NCC)ccc1[N+](=O)[O-]. The second kappa shape index (κ2) is 7.83. The third-order valence-electron chi connectivity index (χ3n) is 2.61. The minimum absolute atomic E-state index is 0.104. The number of hydrogen-bond acceptors (Lipinski definition) is 5. The van der Waals surface area contributed by atoms with E-state index in [2.05, 4.69) is 16.0 Å². The van der Waals surface area contributed by atoms with Crippen molar-refractivity contribution < 1.29 is 14.5 Å². The van der Waals surface area contributed by atoms with Gasteiger partial charge in [0.1, 0.15) is 5.69 Å². The van der Waals surface area contributed by atoms with Crippen LogP contribution in [0.3, 0.4) is 0 Å². The standard InChI is InChI=1S/C13H18N4O4/c1-3-14-12(18)8-16-10-7-9(13(19)15-4-2)5-6-11(10)17(20)21/h5-7,16H,3-4,8H2,1-2H3,(H,14,18)(H,15,19). The molecule has 0 unspecified atom stereocenters. The van der Waals surface area contributed by atoms with Crippen LogP contribution in [-0.4, -0.2) is 36.4 Å². The van der Waals surface area contributed by atoms with E-state index in [-0.39, 0.29) is 29.7 Å². The summed E-state index contributed by atoms with van der Waals surface area (Å²) in [6, 6.07) is 3.98. The summed E-state index contributed by atoms with van der Waals surface area (Å²) in [5.41, 5.74) is 0.239. The Bertz CT molecular complexity index is 545. The summed E-state index contributed by atoms with van der Waals surface area (Å²) in [5.74, 6) is -0.608. The van der Waals surface area contributed by atoms with Gasteiger partial charge in [0.05, 0.1) is 11.5 Å². The molecule has 0 aliphatic carbocycles. The van der Waals surface area contributed by atoms with Crippen LogP contribution in [0.1, 0.15) is 24.2 Å². The quantitative estimate of drug-likeness (QED) is 0.510. The van der Waals surface area contributed by atoms with Gasteiger partial charge in [0.25, 0.3) is 11.6 Å². The van der Waals surface area contributed by atoms with Gasteiger partial charge in [-0.2, -0.15) is 0 Å². The molecule has 1 rings (SSSR count). The fourth-order valence-corrected chi connectivity index (χ4v) is 1.68. The maximum absolute atomic E-state index is 11.7. The molecule has 8 heteroatoms. The number of hydrogen-bond donors (Lipinski definition) is 3. The number of anilines is 1. The molecule has 0 saturated heterocycles. The van der Waals surface area contributed by atoms with Crippen molar-refractivity contribution in [2.45, 2.75) is 13.8 Å². The molecule has 2 amide bonds. The molecule has 0 saturated carbocycles. The van der Waals surface area contributed by atoms with Crippen LogP contribution in [0.4, 0.5) is 11.4 Å². The van der Waals surface area contributed by atoms with E-state index >= 15 is 0 Å². The van der Waals surface area contributed by atoms with E-state index in [9.17, 15) is 19.7 Å². The topological polar surface area (TPSA) is 113 Å². The molecule has 21 heavy (non-hydrogen) atoms. The molecule has 0 bridgehead atoms. The number of likely N-dealkylation sites (N-methyl/N-ethyl adjacent to an activating group) is 1. The number of carbonyl (C=O) groups is 2. The third kappa shape index (κ3) is 4.75. The summed E-state index contributed by atoms with van der Waals surface area (Å²) in [4.78, 5) is 33.5. The molecular formula is C13H18N4O4. The normalized spacial score (nSPS) is 9.81. The first-order valence-electron chi connectivity index (χ1n) is 6.56. The highest BCUT2D eigenvalue weighted by atomic mass is 16.6. The van der Waals surface area contributed by atoms with Crippen molar-refractivity contribution >= 4 is 23.2 Å². The second-order valence-electron chi connectivity index (χ2n) is 4.16. The summed E-state index contributed by atoms with van der Waals surface area (Å²) in [7, 11) is 0. The number of nitrogens with zero attached hydrogens (tertiary/aromatic N) is 1. The predicted molar refractivity (Wildman–Crippen MR) is 78.3 cm³/mol. The molecule has 0 aliphatic heterocycles. The molecule has 8 nitrogen and oxygen atoms in total. The monoisotopic (exact) mass is 294 g/mol. The van der Waals surface area contributed by atoms with E-state index in [0.29, 0.717) is 18.7 Å². The summed E-state index contributed by atoms with van der Waals surface area (Å²) in [5, 5.41) is 18.8. The Labute approximate surface area is 122 Å². The molecule has 0 atom stereocenters. The highest BCUT2D eigenvalue weighted by molar-refractivity contribution is 5.96. The van der Waals surface area contributed by atoms with Gasteiger partial charge in [0.15, 0.2) is 0 Å². The van der Waals surface area contributed by atoms with E-state index < -0.39 is 4.92 Å². The third-order valence-corrected chi connectivity index (χ3v) is 2.61. The molecule has 114 valence electrons. The molecule has 0 heterocycles. The minimum Gasteiger partial charge on any atom is -0.371 e. The van der Waals surface area contributed by atoms with Crippen molar-refractivity contribution in [3.05, 3.63) is 33.9 Å². The highest BCUT2D eigenvalue weighted by Gasteiger charge is 2.17. The Hall–Kier alpha value is -2.64. The molecule has 0 radical (unpaired) electrons. The molecule has 0 aliphatic rings. The zero-order valence-corrected chi connectivity index (χ0v) is 11.9. The van der Waals surface area contributed by atoms with Crippen LogP contribution in [-0.2, 0) is 4.79 Å². The number of benzene rings is 1. The van der Waals surface area contributed by atoms with Crippen LogP contribution >= 0.6 is 0 Å². The van der Waals surface area contributed by atoms with Gasteiger partial charge in [-0.3, -0.25) is 19.7 Å². The van der Waals surface area contributed by atoms with Crippen molar-refractivity contribution in [2.24, 2.45) is 0 Å². The van der Waals surface area contributed by atoms with Gasteiger partial charge in [0.2, 0.25) is 5.91 Å². The molecule has 0 aromatic heterocycles. The van der Waals surface area contributed by atoms with Gasteiger partial charge in [-0.05, 0) is 26.0 Å². The molecule has 0 fully saturated rings. The van der Waals surface area contributed by atoms with E-state index in [1.165, 1.54) is 18.2 Å². The number of carbonyl (C=O) groups excluding carboxylic acids is 2. The summed E-state index contributed by atoms with van der Waals surface area (Å²) < 4.78 is 0. The van der Waals surface area contributed by atoms with Crippen LogP contribution in [0, 0.1) is 10.1 Å². The number of nitro benzene ring substituents is 1. The Morgan fingerprint density at radius 2 is 1.86 bits per heavy atom. The fraction of sp³-hybridized carbons (Fsp3) is 0.385. The van der Waals surface area contributed by atoms with Crippen LogP contribution in [0.25, 0.3) is 0 Å². The number of nitrogens with one attached hydrogen (secondary N) is 3. The van der Waals surface area contributed by atoms with Crippen molar-refractivity contribution in [2.75, 3.05) is 25.0 Å². The van der Waals surface area contributed by atoms with Gasteiger partial charge in [-0.15, -0.1) is 0 Å². The largest absolute Gasteiger partial charge is 0.371 e. The number of amides is 2. The van der Waals surface area contributed by atoms with E-state index in [1.807, 2.05) is 0 Å².